The summed E-state index contributed by atoms with van der Waals surface area (Å²) in [5.41, 5.74) is 0. The molecule has 11 heavy (non-hydrogen) atoms. The van der Waals surface area contributed by atoms with Gasteiger partial charge in [-0.05, 0) is 24.3 Å². The number of unbranched alkanes of at least 4 members (excludes halogenated alkanes) is 1. The van der Waals surface area contributed by atoms with Crippen LogP contribution in [0.5, 0.6) is 0 Å². The second kappa shape index (κ2) is 6.21. The highest BCUT2D eigenvalue weighted by molar-refractivity contribution is 8.17. The molecule has 0 radical (unpaired) electrons. The maximum Gasteiger partial charge on any atom is 0.149 e. The first-order valence-electron chi connectivity index (χ1n) is 4.28. The van der Waals surface area contributed by atoms with Crippen molar-refractivity contribution in [2.75, 3.05) is 18.1 Å². The van der Waals surface area contributed by atoms with Crippen molar-refractivity contribution in [1.82, 2.24) is 0 Å². The van der Waals surface area contributed by atoms with Crippen molar-refractivity contribution < 1.29 is 4.74 Å². The van der Waals surface area contributed by atoms with E-state index < -0.39 is 0 Å². The summed E-state index contributed by atoms with van der Waals surface area (Å²) < 4.78 is 6.09. The molecule has 1 nitrogen and oxygen atoms in total. The van der Waals surface area contributed by atoms with Gasteiger partial charge in [0.25, 0.3) is 0 Å². The van der Waals surface area contributed by atoms with Crippen molar-refractivity contribution in [2.45, 2.75) is 31.0 Å². The van der Waals surface area contributed by atoms with E-state index in [1.54, 1.807) is 0 Å². The lowest BCUT2D eigenvalue weighted by Gasteiger charge is -2.20. The summed E-state index contributed by atoms with van der Waals surface area (Å²) in [5.74, 6) is 2.56. The highest BCUT2D eigenvalue weighted by atomic mass is 32.2. The van der Waals surface area contributed by atoms with Gasteiger partial charge in [-0.2, -0.15) is 0 Å². The van der Waals surface area contributed by atoms with Crippen LogP contribution in [0.2, 0.25) is 0 Å². The predicted octanol–water partition coefficient (Wildman–Crippen LogP) is 2.96. The standard InChI is InChI=1S/C8H16OS2/c1-2-3-5-9-8-10-6-4-7-11-8/h8H,2-7H2,1H3. The first-order chi connectivity index (χ1) is 5.43. The zero-order chi connectivity index (χ0) is 7.94. The Kier molecular flexibility index (Phi) is 5.50. The van der Waals surface area contributed by atoms with Gasteiger partial charge >= 0.3 is 0 Å². The molecular formula is C8H16OS2. The maximum absolute atomic E-state index is 5.65. The Labute approximate surface area is 77.6 Å². The molecule has 0 spiro atoms. The van der Waals surface area contributed by atoms with E-state index in [-0.39, 0.29) is 0 Å². The second-order valence-electron chi connectivity index (χ2n) is 2.61. The van der Waals surface area contributed by atoms with Crippen LogP contribution in [0.1, 0.15) is 26.2 Å². The maximum atomic E-state index is 5.65. The SMILES string of the molecule is CCCCOC1SCCCS1. The zero-order valence-electron chi connectivity index (χ0n) is 7.04. The van der Waals surface area contributed by atoms with E-state index in [4.69, 9.17) is 4.74 Å². The summed E-state index contributed by atoms with van der Waals surface area (Å²) in [7, 11) is 0. The fourth-order valence-electron chi connectivity index (χ4n) is 0.886. The molecule has 0 unspecified atom stereocenters. The van der Waals surface area contributed by atoms with Gasteiger partial charge < -0.3 is 4.74 Å². The van der Waals surface area contributed by atoms with Gasteiger partial charge in [-0.25, -0.2) is 0 Å². The summed E-state index contributed by atoms with van der Waals surface area (Å²) in [6, 6.07) is 0. The molecule has 0 amide bonds. The number of ether oxygens (including phenoxy) is 1. The lowest BCUT2D eigenvalue weighted by Crippen LogP contribution is -2.11. The van der Waals surface area contributed by atoms with Crippen LogP contribution in [0.25, 0.3) is 0 Å². The van der Waals surface area contributed by atoms with Crippen LogP contribution < -0.4 is 0 Å². The largest absolute Gasteiger partial charge is 0.358 e. The van der Waals surface area contributed by atoms with Gasteiger partial charge in [-0.15, -0.1) is 23.5 Å². The fourth-order valence-corrected chi connectivity index (χ4v) is 3.42. The molecule has 1 rings (SSSR count). The van der Waals surface area contributed by atoms with Crippen LogP contribution in [0.15, 0.2) is 0 Å². The molecule has 0 aromatic carbocycles. The third-order valence-corrected chi connectivity index (χ3v) is 4.23. The molecule has 1 heterocycles. The molecule has 66 valence electrons. The van der Waals surface area contributed by atoms with Crippen molar-refractivity contribution in [3.63, 3.8) is 0 Å². The van der Waals surface area contributed by atoms with Gasteiger partial charge in [-0.3, -0.25) is 0 Å². The molecule has 0 aliphatic carbocycles. The Hall–Kier alpha value is 0.660. The average Bonchev–Trinajstić information content (AvgIpc) is 2.07. The van der Waals surface area contributed by atoms with E-state index in [1.807, 2.05) is 23.5 Å². The van der Waals surface area contributed by atoms with Crippen LogP contribution in [0.3, 0.4) is 0 Å². The van der Waals surface area contributed by atoms with Crippen molar-refractivity contribution in [3.8, 4) is 0 Å². The molecular weight excluding hydrogens is 176 g/mol. The second-order valence-corrected chi connectivity index (χ2v) is 5.25. The van der Waals surface area contributed by atoms with Gasteiger partial charge in [0.2, 0.25) is 0 Å². The summed E-state index contributed by atoms with van der Waals surface area (Å²) in [5, 5.41) is 0. The lowest BCUT2D eigenvalue weighted by molar-refractivity contribution is 0.159. The van der Waals surface area contributed by atoms with Crippen molar-refractivity contribution in [2.24, 2.45) is 0 Å². The highest BCUT2D eigenvalue weighted by Gasteiger charge is 2.13. The van der Waals surface area contributed by atoms with Crippen LogP contribution in [-0.2, 0) is 4.74 Å². The topological polar surface area (TPSA) is 9.23 Å². The molecule has 1 fully saturated rings. The Morgan fingerprint density at radius 1 is 1.36 bits per heavy atom. The van der Waals surface area contributed by atoms with E-state index in [0.717, 1.165) is 6.61 Å². The Balaban J connectivity index is 1.96. The lowest BCUT2D eigenvalue weighted by atomic mass is 10.4. The van der Waals surface area contributed by atoms with Crippen molar-refractivity contribution >= 4 is 23.5 Å². The first kappa shape index (κ1) is 9.75. The minimum atomic E-state index is 0.440. The smallest absolute Gasteiger partial charge is 0.149 e. The summed E-state index contributed by atoms with van der Waals surface area (Å²) >= 11 is 3.91. The average molecular weight is 192 g/mol. The van der Waals surface area contributed by atoms with Gasteiger partial charge in [0.1, 0.15) is 4.77 Å². The van der Waals surface area contributed by atoms with E-state index in [2.05, 4.69) is 6.92 Å². The van der Waals surface area contributed by atoms with Crippen LogP contribution in [0, 0.1) is 0 Å². The van der Waals surface area contributed by atoms with Gasteiger partial charge in [-0.1, -0.05) is 13.3 Å². The van der Waals surface area contributed by atoms with Gasteiger partial charge in [0.15, 0.2) is 0 Å². The van der Waals surface area contributed by atoms with E-state index in [0.29, 0.717) is 4.77 Å². The Morgan fingerprint density at radius 3 is 2.73 bits per heavy atom. The monoisotopic (exact) mass is 192 g/mol. The number of rotatable bonds is 4. The minimum absolute atomic E-state index is 0.440. The molecule has 3 heteroatoms. The highest BCUT2D eigenvalue weighted by Crippen LogP contribution is 2.31. The Morgan fingerprint density at radius 2 is 2.09 bits per heavy atom. The van der Waals surface area contributed by atoms with Gasteiger partial charge in [0.05, 0.1) is 0 Å². The van der Waals surface area contributed by atoms with Gasteiger partial charge in [0, 0.05) is 6.61 Å². The molecule has 0 aromatic heterocycles. The van der Waals surface area contributed by atoms with E-state index in [1.165, 1.54) is 30.8 Å². The molecule has 0 atom stereocenters. The third-order valence-electron chi connectivity index (χ3n) is 1.55. The third kappa shape index (κ3) is 4.28. The normalized spacial score (nSPS) is 20.5. The fraction of sp³-hybridized carbons (Fsp3) is 1.00. The number of hydrogen-bond donors (Lipinski definition) is 0. The van der Waals surface area contributed by atoms with E-state index in [9.17, 15) is 0 Å². The van der Waals surface area contributed by atoms with Crippen molar-refractivity contribution in [3.05, 3.63) is 0 Å². The van der Waals surface area contributed by atoms with Crippen LogP contribution in [-0.4, -0.2) is 22.9 Å². The molecule has 1 aliphatic rings. The molecule has 0 saturated carbocycles. The molecule has 0 bridgehead atoms. The van der Waals surface area contributed by atoms with E-state index >= 15 is 0 Å². The summed E-state index contributed by atoms with van der Waals surface area (Å²) in [4.78, 5) is 0. The quantitative estimate of drug-likeness (QED) is 0.634. The molecule has 0 N–H and O–H groups in total. The van der Waals surface area contributed by atoms with Crippen LogP contribution in [0.4, 0.5) is 0 Å². The predicted molar refractivity (Wildman–Crippen MR) is 54.2 cm³/mol. The number of thioether (sulfide) groups is 2. The summed E-state index contributed by atoms with van der Waals surface area (Å²) in [6.07, 6.45) is 3.79. The molecule has 1 aliphatic heterocycles. The van der Waals surface area contributed by atoms with Crippen molar-refractivity contribution in [1.29, 1.82) is 0 Å². The Bertz CT molecular complexity index is 92.1. The first-order valence-corrected chi connectivity index (χ1v) is 6.38. The van der Waals surface area contributed by atoms with Crippen LogP contribution >= 0.6 is 23.5 Å². The zero-order valence-corrected chi connectivity index (χ0v) is 8.68. The molecule has 1 saturated heterocycles. The molecule has 0 aromatic rings. The summed E-state index contributed by atoms with van der Waals surface area (Å²) in [6.45, 7) is 3.14. The number of hydrogen-bond acceptors (Lipinski definition) is 3. The minimum Gasteiger partial charge on any atom is -0.358 e.